The Bertz CT molecular complexity index is 391. The van der Waals surface area contributed by atoms with Crippen LogP contribution in [-0.4, -0.2) is 56.8 Å². The maximum absolute atomic E-state index is 12.1. The molecule has 0 aromatic heterocycles. The molecule has 5 heteroatoms. The van der Waals surface area contributed by atoms with Crippen LogP contribution in [0, 0.1) is 0 Å². The maximum Gasteiger partial charge on any atom is 0.241 e. The molecule has 1 aromatic carbocycles. The van der Waals surface area contributed by atoms with Crippen LogP contribution in [0.4, 0.5) is 0 Å². The third kappa shape index (κ3) is 4.22. The smallest absolute Gasteiger partial charge is 0.241 e. The van der Waals surface area contributed by atoms with Gasteiger partial charge in [0.25, 0.3) is 0 Å². The number of nitrogens with one attached hydrogen (secondary N) is 1. The Balaban J connectivity index is 1.71. The molecule has 1 fully saturated rings. The summed E-state index contributed by atoms with van der Waals surface area (Å²) >= 11 is 0. The highest BCUT2D eigenvalue weighted by Crippen LogP contribution is 2.08. The van der Waals surface area contributed by atoms with Crippen molar-refractivity contribution < 1.29 is 14.3 Å². The molecule has 104 valence electrons. The summed E-state index contributed by atoms with van der Waals surface area (Å²) in [5.41, 5.74) is 0. The van der Waals surface area contributed by atoms with Gasteiger partial charge in [0.1, 0.15) is 18.4 Å². The van der Waals surface area contributed by atoms with Gasteiger partial charge in [0.2, 0.25) is 5.91 Å². The second-order valence-electron chi connectivity index (χ2n) is 4.50. The molecule has 1 aliphatic heterocycles. The number of hydrogen-bond acceptors (Lipinski definition) is 4. The number of morpholine rings is 1. The monoisotopic (exact) mass is 264 g/mol. The zero-order chi connectivity index (χ0) is 13.5. The van der Waals surface area contributed by atoms with Gasteiger partial charge in [-0.1, -0.05) is 18.2 Å². The number of hydrogen-bond donors (Lipinski definition) is 1. The molecule has 1 saturated heterocycles. The third-order valence-electron chi connectivity index (χ3n) is 3.03. The highest BCUT2D eigenvalue weighted by Gasteiger charge is 2.23. The quantitative estimate of drug-likeness (QED) is 0.842. The van der Waals surface area contributed by atoms with Gasteiger partial charge >= 0.3 is 0 Å². The largest absolute Gasteiger partial charge is 0.492 e. The molecule has 1 atom stereocenters. The lowest BCUT2D eigenvalue weighted by Gasteiger charge is -2.27. The van der Waals surface area contributed by atoms with E-state index >= 15 is 0 Å². The second-order valence-corrected chi connectivity index (χ2v) is 4.50. The van der Waals surface area contributed by atoms with E-state index in [0.717, 1.165) is 12.3 Å². The Morgan fingerprint density at radius 2 is 2.26 bits per heavy atom. The average Bonchev–Trinajstić information content (AvgIpc) is 2.48. The molecule has 1 heterocycles. The van der Waals surface area contributed by atoms with Crippen molar-refractivity contribution in [2.24, 2.45) is 0 Å². The topological polar surface area (TPSA) is 50.8 Å². The maximum atomic E-state index is 12.1. The molecular formula is C14H20N2O3. The summed E-state index contributed by atoms with van der Waals surface area (Å²) in [6, 6.07) is 9.37. The molecule has 0 radical (unpaired) electrons. The number of carbonyl (C=O) groups excluding carboxylic acids is 1. The molecular weight excluding hydrogens is 244 g/mol. The first-order valence-electron chi connectivity index (χ1n) is 6.51. The fraction of sp³-hybridized carbons (Fsp3) is 0.500. The lowest BCUT2D eigenvalue weighted by atomic mass is 10.2. The van der Waals surface area contributed by atoms with E-state index in [0.29, 0.717) is 26.4 Å². The predicted octanol–water partition coefficient (Wildman–Crippen LogP) is 0.512. The van der Waals surface area contributed by atoms with Crippen molar-refractivity contribution in [3.8, 4) is 5.75 Å². The van der Waals surface area contributed by atoms with Gasteiger partial charge < -0.3 is 19.7 Å². The lowest BCUT2D eigenvalue weighted by Crippen LogP contribution is -2.52. The van der Waals surface area contributed by atoms with Crippen LogP contribution in [0.1, 0.15) is 0 Å². The molecule has 19 heavy (non-hydrogen) atoms. The Hall–Kier alpha value is -1.59. The third-order valence-corrected chi connectivity index (χ3v) is 3.03. The van der Waals surface area contributed by atoms with Gasteiger partial charge in [-0.2, -0.15) is 0 Å². The van der Waals surface area contributed by atoms with Gasteiger partial charge in [-0.25, -0.2) is 0 Å². The number of para-hydroxylation sites is 1. The Morgan fingerprint density at radius 3 is 2.95 bits per heavy atom. The molecule has 0 spiro atoms. The van der Waals surface area contributed by atoms with Crippen molar-refractivity contribution in [1.29, 1.82) is 0 Å². The molecule has 1 aromatic rings. The zero-order valence-electron chi connectivity index (χ0n) is 11.2. The molecule has 0 saturated carbocycles. The summed E-state index contributed by atoms with van der Waals surface area (Å²) in [4.78, 5) is 13.7. The number of carbonyl (C=O) groups is 1. The van der Waals surface area contributed by atoms with E-state index in [2.05, 4.69) is 5.32 Å². The minimum Gasteiger partial charge on any atom is -0.492 e. The average molecular weight is 264 g/mol. The molecule has 5 nitrogen and oxygen atoms in total. The molecule has 1 amide bonds. The highest BCUT2D eigenvalue weighted by atomic mass is 16.5. The first-order chi connectivity index (χ1) is 9.27. The van der Waals surface area contributed by atoms with E-state index in [1.165, 1.54) is 0 Å². The van der Waals surface area contributed by atoms with Crippen LogP contribution in [0.15, 0.2) is 30.3 Å². The van der Waals surface area contributed by atoms with Crippen LogP contribution in [-0.2, 0) is 9.53 Å². The number of amides is 1. The Labute approximate surface area is 113 Å². The van der Waals surface area contributed by atoms with Crippen molar-refractivity contribution in [3.05, 3.63) is 30.3 Å². The van der Waals surface area contributed by atoms with Crippen molar-refractivity contribution >= 4 is 5.91 Å². The van der Waals surface area contributed by atoms with E-state index in [4.69, 9.17) is 9.47 Å². The van der Waals surface area contributed by atoms with Gasteiger partial charge in [0.15, 0.2) is 0 Å². The molecule has 2 rings (SSSR count). The van der Waals surface area contributed by atoms with Crippen LogP contribution in [0.25, 0.3) is 0 Å². The van der Waals surface area contributed by atoms with Crippen LogP contribution in [0.2, 0.25) is 0 Å². The van der Waals surface area contributed by atoms with Gasteiger partial charge in [0, 0.05) is 13.6 Å². The predicted molar refractivity (Wildman–Crippen MR) is 72.2 cm³/mol. The SMILES string of the molecule is CN(CCOc1ccccc1)C(=O)C1COCCN1. The molecule has 0 aliphatic carbocycles. The number of nitrogens with zero attached hydrogens (tertiary/aromatic N) is 1. The first-order valence-corrected chi connectivity index (χ1v) is 6.51. The van der Waals surface area contributed by atoms with Gasteiger partial charge in [-0.05, 0) is 12.1 Å². The fourth-order valence-electron chi connectivity index (χ4n) is 1.92. The minimum absolute atomic E-state index is 0.0522. The zero-order valence-corrected chi connectivity index (χ0v) is 11.2. The fourth-order valence-corrected chi connectivity index (χ4v) is 1.92. The van der Waals surface area contributed by atoms with Crippen molar-refractivity contribution in [2.45, 2.75) is 6.04 Å². The van der Waals surface area contributed by atoms with E-state index in [9.17, 15) is 4.79 Å². The summed E-state index contributed by atoms with van der Waals surface area (Å²) in [6.07, 6.45) is 0. The van der Waals surface area contributed by atoms with Crippen LogP contribution < -0.4 is 10.1 Å². The minimum atomic E-state index is -0.226. The summed E-state index contributed by atoms with van der Waals surface area (Å²) in [5.74, 6) is 0.874. The van der Waals surface area contributed by atoms with Gasteiger partial charge in [0.05, 0.1) is 19.8 Å². The van der Waals surface area contributed by atoms with Gasteiger partial charge in [-0.3, -0.25) is 4.79 Å². The molecule has 1 aliphatic rings. The molecule has 0 bridgehead atoms. The van der Waals surface area contributed by atoms with Crippen molar-refractivity contribution in [2.75, 3.05) is 40.0 Å². The van der Waals surface area contributed by atoms with E-state index in [1.54, 1.807) is 11.9 Å². The van der Waals surface area contributed by atoms with Crippen molar-refractivity contribution in [3.63, 3.8) is 0 Å². The second kappa shape index (κ2) is 7.11. The van der Waals surface area contributed by atoms with Crippen LogP contribution >= 0.6 is 0 Å². The number of rotatable bonds is 5. The van der Waals surface area contributed by atoms with E-state index in [1.807, 2.05) is 30.3 Å². The summed E-state index contributed by atoms with van der Waals surface area (Å²) in [7, 11) is 1.78. The molecule has 1 unspecified atom stereocenters. The van der Waals surface area contributed by atoms with Crippen LogP contribution in [0.5, 0.6) is 5.75 Å². The summed E-state index contributed by atoms with van der Waals surface area (Å²) in [5, 5.41) is 3.15. The lowest BCUT2D eigenvalue weighted by molar-refractivity contribution is -0.135. The number of benzene rings is 1. The summed E-state index contributed by atoms with van der Waals surface area (Å²) in [6.45, 7) is 2.89. The Morgan fingerprint density at radius 1 is 1.47 bits per heavy atom. The number of likely N-dealkylation sites (N-methyl/N-ethyl adjacent to an activating group) is 1. The van der Waals surface area contributed by atoms with Crippen molar-refractivity contribution in [1.82, 2.24) is 10.2 Å². The van der Waals surface area contributed by atoms with Crippen LogP contribution in [0.3, 0.4) is 0 Å². The first kappa shape index (κ1) is 13.8. The van der Waals surface area contributed by atoms with E-state index < -0.39 is 0 Å². The van der Waals surface area contributed by atoms with E-state index in [-0.39, 0.29) is 11.9 Å². The standard InChI is InChI=1S/C14H20N2O3/c1-16(14(17)13-11-18-9-7-15-13)8-10-19-12-5-3-2-4-6-12/h2-6,13,15H,7-11H2,1H3. The highest BCUT2D eigenvalue weighted by molar-refractivity contribution is 5.81. The Kier molecular flexibility index (Phi) is 5.18. The summed E-state index contributed by atoms with van der Waals surface area (Å²) < 4.78 is 10.9. The van der Waals surface area contributed by atoms with Gasteiger partial charge in [-0.15, -0.1) is 0 Å². The molecule has 1 N–H and O–H groups in total. The normalized spacial score (nSPS) is 18.9. The number of ether oxygens (including phenoxy) is 2.